The fourth-order valence-electron chi connectivity index (χ4n) is 3.04. The lowest BCUT2D eigenvalue weighted by molar-refractivity contribution is -0.130. The summed E-state index contributed by atoms with van der Waals surface area (Å²) in [5.74, 6) is 0.700. The molecule has 9 heteroatoms. The minimum atomic E-state index is -0.425. The highest BCUT2D eigenvalue weighted by molar-refractivity contribution is 8.18. The molecular weight excluding hydrogens is 372 g/mol. The third kappa shape index (κ3) is 3.79. The van der Waals surface area contributed by atoms with Gasteiger partial charge in [0.05, 0.1) is 4.91 Å². The average molecular weight is 390 g/mol. The maximum atomic E-state index is 12.5. The molecule has 4 rings (SSSR count). The van der Waals surface area contributed by atoms with Crippen molar-refractivity contribution in [3.8, 4) is 11.5 Å². The lowest BCUT2D eigenvalue weighted by atomic mass is 10.2. The summed E-state index contributed by atoms with van der Waals surface area (Å²) in [5.41, 5.74) is 0.747. The van der Waals surface area contributed by atoms with Crippen LogP contribution in [0.4, 0.5) is 4.79 Å². The molecule has 8 nitrogen and oxygen atoms in total. The summed E-state index contributed by atoms with van der Waals surface area (Å²) in [7, 11) is 0. The van der Waals surface area contributed by atoms with E-state index in [4.69, 9.17) is 14.2 Å². The molecule has 3 aliphatic rings. The van der Waals surface area contributed by atoms with Crippen LogP contribution >= 0.6 is 11.8 Å². The smallest absolute Gasteiger partial charge is 0.293 e. The normalized spacial score (nSPS) is 22.7. The maximum Gasteiger partial charge on any atom is 0.293 e. The van der Waals surface area contributed by atoms with E-state index in [1.54, 1.807) is 24.3 Å². The molecule has 0 aliphatic carbocycles. The average Bonchev–Trinajstić information content (AvgIpc) is 3.38. The zero-order valence-corrected chi connectivity index (χ0v) is 15.3. The molecule has 142 valence electrons. The monoisotopic (exact) mass is 390 g/mol. The van der Waals surface area contributed by atoms with Crippen molar-refractivity contribution in [2.24, 2.45) is 0 Å². The van der Waals surface area contributed by atoms with Crippen LogP contribution in [0.1, 0.15) is 18.4 Å². The Bertz CT molecular complexity index is 818. The van der Waals surface area contributed by atoms with Crippen molar-refractivity contribution in [3.63, 3.8) is 0 Å². The number of thioether (sulfide) groups is 1. The number of ether oxygens (including phenoxy) is 3. The van der Waals surface area contributed by atoms with Crippen LogP contribution in [-0.2, 0) is 14.3 Å². The summed E-state index contributed by atoms with van der Waals surface area (Å²) < 4.78 is 15.9. The Morgan fingerprint density at radius 2 is 2.15 bits per heavy atom. The first kappa shape index (κ1) is 17.9. The number of fused-ring (bicyclic) bond motifs is 1. The molecule has 2 fully saturated rings. The number of carbonyl (C=O) groups is 3. The van der Waals surface area contributed by atoms with Crippen molar-refractivity contribution in [2.75, 3.05) is 26.5 Å². The minimum absolute atomic E-state index is 0.127. The van der Waals surface area contributed by atoms with E-state index in [1.165, 1.54) is 0 Å². The highest BCUT2D eigenvalue weighted by atomic mass is 32.2. The molecular formula is C18H18N2O6S. The number of imide groups is 1. The van der Waals surface area contributed by atoms with E-state index in [0.29, 0.717) is 29.4 Å². The van der Waals surface area contributed by atoms with Crippen molar-refractivity contribution in [3.05, 3.63) is 28.7 Å². The first-order valence-corrected chi connectivity index (χ1v) is 9.48. The second kappa shape index (κ2) is 7.61. The topological polar surface area (TPSA) is 94.2 Å². The van der Waals surface area contributed by atoms with Gasteiger partial charge in [0.1, 0.15) is 6.10 Å². The van der Waals surface area contributed by atoms with Gasteiger partial charge in [0.15, 0.2) is 11.5 Å². The van der Waals surface area contributed by atoms with E-state index in [0.717, 1.165) is 28.6 Å². The number of hydrogen-bond acceptors (Lipinski definition) is 7. The molecule has 1 unspecified atom stereocenters. The molecule has 1 aromatic rings. The molecule has 0 aromatic heterocycles. The molecule has 0 radical (unpaired) electrons. The van der Waals surface area contributed by atoms with Gasteiger partial charge in [-0.05, 0) is 48.4 Å². The number of benzene rings is 1. The summed E-state index contributed by atoms with van der Waals surface area (Å²) in [5, 5.41) is 2.37. The molecule has 0 bridgehead atoms. The molecule has 1 aromatic carbocycles. The Kier molecular flexibility index (Phi) is 5.04. The highest BCUT2D eigenvalue weighted by Gasteiger charge is 2.35. The molecule has 1 atom stereocenters. The maximum absolute atomic E-state index is 12.5. The largest absolute Gasteiger partial charge is 0.454 e. The Morgan fingerprint density at radius 1 is 1.30 bits per heavy atom. The molecule has 0 spiro atoms. The van der Waals surface area contributed by atoms with Crippen LogP contribution in [0.5, 0.6) is 11.5 Å². The SMILES string of the molecule is O=C(NCCN1C(=O)S/C(=C/c2ccc3c(c2)OCO3)C1=O)C1CCCO1. The summed E-state index contributed by atoms with van der Waals surface area (Å²) in [6.45, 7) is 1.09. The number of nitrogens with zero attached hydrogens (tertiary/aromatic N) is 1. The van der Waals surface area contributed by atoms with E-state index < -0.39 is 6.10 Å². The Labute approximate surface area is 159 Å². The van der Waals surface area contributed by atoms with Gasteiger partial charge in [0.25, 0.3) is 11.1 Å². The van der Waals surface area contributed by atoms with Crippen LogP contribution < -0.4 is 14.8 Å². The van der Waals surface area contributed by atoms with Crippen LogP contribution in [0.15, 0.2) is 23.1 Å². The highest BCUT2D eigenvalue weighted by Crippen LogP contribution is 2.36. The van der Waals surface area contributed by atoms with Crippen molar-refractivity contribution in [1.82, 2.24) is 10.2 Å². The summed E-state index contributed by atoms with van der Waals surface area (Å²) in [4.78, 5) is 38.1. The fraction of sp³-hybridized carbons (Fsp3) is 0.389. The van der Waals surface area contributed by atoms with Gasteiger partial charge < -0.3 is 19.5 Å². The lowest BCUT2D eigenvalue weighted by Crippen LogP contribution is -2.40. The van der Waals surface area contributed by atoms with Gasteiger partial charge in [-0.2, -0.15) is 0 Å². The van der Waals surface area contributed by atoms with Crippen molar-refractivity contribution < 1.29 is 28.6 Å². The van der Waals surface area contributed by atoms with E-state index in [9.17, 15) is 14.4 Å². The van der Waals surface area contributed by atoms with Gasteiger partial charge in [0.2, 0.25) is 12.7 Å². The summed E-state index contributed by atoms with van der Waals surface area (Å²) >= 11 is 0.883. The van der Waals surface area contributed by atoms with Crippen molar-refractivity contribution in [2.45, 2.75) is 18.9 Å². The Morgan fingerprint density at radius 3 is 2.96 bits per heavy atom. The molecule has 3 heterocycles. The molecule has 3 amide bonds. The lowest BCUT2D eigenvalue weighted by Gasteiger charge is -2.14. The van der Waals surface area contributed by atoms with E-state index in [1.807, 2.05) is 0 Å². The standard InChI is InChI=1S/C18H18N2O6S/c21-16(13-2-1-7-24-13)19-5-6-20-17(22)15(27-18(20)23)9-11-3-4-12-14(8-11)26-10-25-12/h3-4,8-9,13H,1-2,5-7,10H2,(H,19,21)/b15-9+. The van der Waals surface area contributed by atoms with Gasteiger partial charge in [-0.3, -0.25) is 19.3 Å². The van der Waals surface area contributed by atoms with Gasteiger partial charge in [0, 0.05) is 19.7 Å². The van der Waals surface area contributed by atoms with E-state index in [2.05, 4.69) is 5.32 Å². The number of rotatable bonds is 5. The van der Waals surface area contributed by atoms with E-state index in [-0.39, 0.29) is 36.9 Å². The van der Waals surface area contributed by atoms with Crippen LogP contribution in [0, 0.1) is 0 Å². The second-order valence-corrected chi connectivity index (χ2v) is 7.23. The zero-order chi connectivity index (χ0) is 18.8. The molecule has 27 heavy (non-hydrogen) atoms. The van der Waals surface area contributed by atoms with Crippen LogP contribution in [-0.4, -0.2) is 54.5 Å². The summed E-state index contributed by atoms with van der Waals surface area (Å²) in [6, 6.07) is 5.32. The number of nitrogens with one attached hydrogen (secondary N) is 1. The predicted octanol–water partition coefficient (Wildman–Crippen LogP) is 1.75. The van der Waals surface area contributed by atoms with Crippen LogP contribution in [0.3, 0.4) is 0 Å². The van der Waals surface area contributed by atoms with Gasteiger partial charge >= 0.3 is 0 Å². The third-order valence-electron chi connectivity index (χ3n) is 4.42. The number of amides is 3. The molecule has 2 saturated heterocycles. The third-order valence-corrected chi connectivity index (χ3v) is 5.33. The van der Waals surface area contributed by atoms with Gasteiger partial charge in [-0.25, -0.2) is 0 Å². The molecule has 3 aliphatic heterocycles. The first-order valence-electron chi connectivity index (χ1n) is 8.66. The quantitative estimate of drug-likeness (QED) is 0.766. The molecule has 0 saturated carbocycles. The number of carbonyl (C=O) groups excluding carboxylic acids is 3. The Balaban J connectivity index is 1.36. The van der Waals surface area contributed by atoms with Crippen molar-refractivity contribution >= 4 is 34.9 Å². The van der Waals surface area contributed by atoms with Crippen LogP contribution in [0.25, 0.3) is 6.08 Å². The van der Waals surface area contributed by atoms with E-state index >= 15 is 0 Å². The second-order valence-electron chi connectivity index (χ2n) is 6.24. The van der Waals surface area contributed by atoms with Crippen molar-refractivity contribution in [1.29, 1.82) is 0 Å². The zero-order valence-electron chi connectivity index (χ0n) is 14.4. The first-order chi connectivity index (χ1) is 13.1. The fourth-order valence-corrected chi connectivity index (χ4v) is 3.90. The van der Waals surface area contributed by atoms with Gasteiger partial charge in [-0.15, -0.1) is 0 Å². The van der Waals surface area contributed by atoms with Crippen LogP contribution in [0.2, 0.25) is 0 Å². The minimum Gasteiger partial charge on any atom is -0.454 e. The summed E-state index contributed by atoms with van der Waals surface area (Å²) in [6.07, 6.45) is 2.79. The number of hydrogen-bond donors (Lipinski definition) is 1. The molecule has 1 N–H and O–H groups in total. The predicted molar refractivity (Wildman–Crippen MR) is 97.2 cm³/mol. The Hall–Kier alpha value is -2.52. The van der Waals surface area contributed by atoms with Gasteiger partial charge in [-0.1, -0.05) is 6.07 Å².